The van der Waals surface area contributed by atoms with Crippen LogP contribution in [0.1, 0.15) is 36.4 Å². The highest BCUT2D eigenvalue weighted by Gasteiger charge is 2.22. The minimum Gasteiger partial charge on any atom is -0.478 e. The van der Waals surface area contributed by atoms with Crippen LogP contribution in [0.4, 0.5) is 5.69 Å². The Bertz CT molecular complexity index is 1110. The highest BCUT2D eigenvalue weighted by Crippen LogP contribution is 2.31. The molecule has 3 rings (SSSR count). The van der Waals surface area contributed by atoms with Crippen LogP contribution in [0.25, 0.3) is 11.3 Å². The number of amides is 1. The molecule has 8 heteroatoms. The van der Waals surface area contributed by atoms with Crippen LogP contribution in [-0.4, -0.2) is 23.0 Å². The van der Waals surface area contributed by atoms with Crippen LogP contribution in [0, 0.1) is 5.92 Å². The molecule has 3 N–H and O–H groups in total. The third-order valence-corrected chi connectivity index (χ3v) is 5.38. The summed E-state index contributed by atoms with van der Waals surface area (Å²) in [7, 11) is 0. The maximum Gasteiger partial charge on any atom is 0.337 e. The van der Waals surface area contributed by atoms with Crippen LogP contribution in [0.15, 0.2) is 59.0 Å². The maximum atomic E-state index is 12.9. The van der Waals surface area contributed by atoms with E-state index in [4.69, 9.17) is 27.6 Å². The first-order valence-corrected chi connectivity index (χ1v) is 10.9. The lowest BCUT2D eigenvalue weighted by Gasteiger charge is -2.20. The Morgan fingerprint density at radius 2 is 1.81 bits per heavy atom. The van der Waals surface area contributed by atoms with Gasteiger partial charge in [-0.05, 0) is 54.8 Å². The van der Waals surface area contributed by atoms with Gasteiger partial charge in [-0.1, -0.05) is 49.2 Å². The van der Waals surface area contributed by atoms with Gasteiger partial charge in [0.15, 0.2) is 0 Å². The molecule has 0 bridgehead atoms. The molecular formula is C24H24Cl2N2O4. The predicted octanol–water partition coefficient (Wildman–Crippen LogP) is 6.09. The van der Waals surface area contributed by atoms with E-state index in [9.17, 15) is 14.7 Å². The number of aromatic carboxylic acids is 1. The average molecular weight is 475 g/mol. The Labute approximate surface area is 196 Å². The van der Waals surface area contributed by atoms with E-state index in [1.807, 2.05) is 19.9 Å². The predicted molar refractivity (Wildman–Crippen MR) is 126 cm³/mol. The van der Waals surface area contributed by atoms with E-state index in [0.29, 0.717) is 40.1 Å². The SMILES string of the molecule is CC(C)C[C@H](NCc1ccc(-c2cc(Cl)ccc2Cl)o1)C(=O)Nc1ccccc1C(=O)O. The summed E-state index contributed by atoms with van der Waals surface area (Å²) in [4.78, 5) is 24.4. The molecule has 0 spiro atoms. The minimum absolute atomic E-state index is 0.0400. The minimum atomic E-state index is -1.10. The van der Waals surface area contributed by atoms with Crippen molar-refractivity contribution < 1.29 is 19.1 Å². The summed E-state index contributed by atoms with van der Waals surface area (Å²) in [5, 5.41) is 16.4. The van der Waals surface area contributed by atoms with Gasteiger partial charge in [0.05, 0.1) is 28.9 Å². The number of hydrogen-bond donors (Lipinski definition) is 3. The van der Waals surface area contributed by atoms with E-state index in [-0.39, 0.29) is 23.1 Å². The second-order valence-electron chi connectivity index (χ2n) is 7.79. The molecule has 32 heavy (non-hydrogen) atoms. The normalized spacial score (nSPS) is 12.0. The summed E-state index contributed by atoms with van der Waals surface area (Å²) in [6, 6.07) is 14.5. The number of halogens is 2. The molecule has 0 radical (unpaired) electrons. The van der Waals surface area contributed by atoms with Gasteiger partial charge in [0.25, 0.3) is 0 Å². The number of carbonyl (C=O) groups is 2. The number of nitrogens with one attached hydrogen (secondary N) is 2. The number of hydrogen-bond acceptors (Lipinski definition) is 4. The van der Waals surface area contributed by atoms with Gasteiger partial charge in [0.1, 0.15) is 11.5 Å². The summed E-state index contributed by atoms with van der Waals surface area (Å²) in [5.74, 6) is 0.0394. The highest BCUT2D eigenvalue weighted by atomic mass is 35.5. The third-order valence-electron chi connectivity index (χ3n) is 4.82. The smallest absolute Gasteiger partial charge is 0.337 e. The zero-order valence-corrected chi connectivity index (χ0v) is 19.2. The van der Waals surface area contributed by atoms with E-state index in [1.165, 1.54) is 6.07 Å². The molecule has 0 saturated heterocycles. The quantitative estimate of drug-likeness (QED) is 0.348. The van der Waals surface area contributed by atoms with Gasteiger partial charge in [-0.2, -0.15) is 0 Å². The van der Waals surface area contributed by atoms with Crippen LogP contribution in [0.3, 0.4) is 0 Å². The summed E-state index contributed by atoms with van der Waals surface area (Å²) in [5.41, 5.74) is 0.988. The van der Waals surface area contributed by atoms with E-state index < -0.39 is 12.0 Å². The highest BCUT2D eigenvalue weighted by molar-refractivity contribution is 6.35. The molecule has 0 aliphatic carbocycles. The number of furan rings is 1. The largest absolute Gasteiger partial charge is 0.478 e. The van der Waals surface area contributed by atoms with Crippen molar-refractivity contribution in [2.75, 3.05) is 5.32 Å². The van der Waals surface area contributed by atoms with Gasteiger partial charge < -0.3 is 14.8 Å². The molecule has 0 saturated carbocycles. The van der Waals surface area contributed by atoms with Crippen molar-refractivity contribution in [1.82, 2.24) is 5.32 Å². The number of carboxylic acids is 1. The fraction of sp³-hybridized carbons (Fsp3) is 0.250. The second-order valence-corrected chi connectivity index (χ2v) is 8.64. The van der Waals surface area contributed by atoms with Crippen LogP contribution in [0.5, 0.6) is 0 Å². The topological polar surface area (TPSA) is 91.6 Å². The summed E-state index contributed by atoms with van der Waals surface area (Å²) in [6.07, 6.45) is 0.564. The van der Waals surface area contributed by atoms with E-state index >= 15 is 0 Å². The number of para-hydroxylation sites is 1. The standard InChI is InChI=1S/C24H24Cl2N2O4/c1-14(2)11-21(23(29)28-20-6-4-3-5-17(20)24(30)31)27-13-16-8-10-22(32-16)18-12-15(25)7-9-19(18)26/h3-10,12,14,21,27H,11,13H2,1-2H3,(H,28,29)(H,30,31)/t21-/m0/s1. The van der Waals surface area contributed by atoms with Gasteiger partial charge in [0, 0.05) is 10.6 Å². The van der Waals surface area contributed by atoms with Crippen molar-refractivity contribution in [3.8, 4) is 11.3 Å². The number of carboxylic acid groups (broad SMARTS) is 1. The van der Waals surface area contributed by atoms with Crippen LogP contribution < -0.4 is 10.6 Å². The fourth-order valence-corrected chi connectivity index (χ4v) is 3.66. The zero-order chi connectivity index (χ0) is 23.3. The molecule has 0 aliphatic rings. The lowest BCUT2D eigenvalue weighted by molar-refractivity contribution is -0.118. The van der Waals surface area contributed by atoms with Crippen LogP contribution in [-0.2, 0) is 11.3 Å². The van der Waals surface area contributed by atoms with E-state index in [1.54, 1.807) is 42.5 Å². The van der Waals surface area contributed by atoms with E-state index in [0.717, 1.165) is 0 Å². The Morgan fingerprint density at radius 1 is 1.06 bits per heavy atom. The lowest BCUT2D eigenvalue weighted by atomic mass is 10.0. The first-order chi connectivity index (χ1) is 15.2. The van der Waals surface area contributed by atoms with Gasteiger partial charge >= 0.3 is 5.97 Å². The molecule has 168 valence electrons. The number of anilines is 1. The van der Waals surface area contributed by atoms with Gasteiger partial charge in [-0.3, -0.25) is 10.1 Å². The fourth-order valence-electron chi connectivity index (χ4n) is 3.28. The number of carbonyl (C=O) groups excluding carboxylic acids is 1. The molecule has 1 amide bonds. The van der Waals surface area contributed by atoms with Crippen molar-refractivity contribution >= 4 is 40.8 Å². The number of benzene rings is 2. The van der Waals surface area contributed by atoms with Gasteiger partial charge in [-0.25, -0.2) is 4.79 Å². The number of rotatable bonds is 9. The lowest BCUT2D eigenvalue weighted by Crippen LogP contribution is -2.41. The van der Waals surface area contributed by atoms with Crippen molar-refractivity contribution in [3.63, 3.8) is 0 Å². The molecule has 1 heterocycles. The van der Waals surface area contributed by atoms with Gasteiger partial charge in [-0.15, -0.1) is 0 Å². The van der Waals surface area contributed by atoms with Gasteiger partial charge in [0.2, 0.25) is 5.91 Å². The molecule has 0 aliphatic heterocycles. The Balaban J connectivity index is 1.72. The molecule has 6 nitrogen and oxygen atoms in total. The van der Waals surface area contributed by atoms with Crippen molar-refractivity contribution in [3.05, 3.63) is 76.0 Å². The molecule has 0 unspecified atom stereocenters. The van der Waals surface area contributed by atoms with Crippen molar-refractivity contribution in [2.45, 2.75) is 32.9 Å². The molecule has 0 fully saturated rings. The first kappa shape index (κ1) is 23.9. The third kappa shape index (κ3) is 6.13. The Morgan fingerprint density at radius 3 is 2.53 bits per heavy atom. The maximum absolute atomic E-state index is 12.9. The zero-order valence-electron chi connectivity index (χ0n) is 17.7. The van der Waals surface area contributed by atoms with E-state index in [2.05, 4.69) is 10.6 Å². The summed E-state index contributed by atoms with van der Waals surface area (Å²) in [6.45, 7) is 4.34. The molecule has 2 aromatic carbocycles. The average Bonchev–Trinajstić information content (AvgIpc) is 3.21. The molecule has 1 atom stereocenters. The second kappa shape index (κ2) is 10.7. The van der Waals surface area contributed by atoms with Crippen LogP contribution in [0.2, 0.25) is 10.0 Å². The van der Waals surface area contributed by atoms with Crippen molar-refractivity contribution in [1.29, 1.82) is 0 Å². The Hall–Kier alpha value is -2.80. The van der Waals surface area contributed by atoms with Crippen LogP contribution >= 0.6 is 23.2 Å². The first-order valence-electron chi connectivity index (χ1n) is 10.1. The summed E-state index contributed by atoms with van der Waals surface area (Å²) >= 11 is 12.3. The molecular weight excluding hydrogens is 451 g/mol. The Kier molecular flexibility index (Phi) is 7.96. The monoisotopic (exact) mass is 474 g/mol. The summed E-state index contributed by atoms with van der Waals surface area (Å²) < 4.78 is 5.89. The molecule has 1 aromatic heterocycles. The van der Waals surface area contributed by atoms with Crippen molar-refractivity contribution in [2.24, 2.45) is 5.92 Å². The molecule has 3 aromatic rings.